The molecule has 0 saturated carbocycles. The summed E-state index contributed by atoms with van der Waals surface area (Å²) in [5.74, 6) is 1.40. The lowest BCUT2D eigenvalue weighted by atomic mass is 9.92. The molecule has 1 aliphatic heterocycles. The molecule has 1 saturated heterocycles. The minimum absolute atomic E-state index is 0.698. The van der Waals surface area contributed by atoms with Crippen LogP contribution in [-0.4, -0.2) is 23.1 Å². The van der Waals surface area contributed by atoms with Gasteiger partial charge in [-0.1, -0.05) is 31.5 Å². The number of rotatable bonds is 1. The largest absolute Gasteiger partial charge is 0.348 e. The van der Waals surface area contributed by atoms with E-state index in [1.165, 1.54) is 6.42 Å². The summed E-state index contributed by atoms with van der Waals surface area (Å²) in [6.45, 7) is 8.66. The lowest BCUT2D eigenvalue weighted by molar-refractivity contribution is 0.216. The maximum Gasteiger partial charge on any atom is 0.173 e. The van der Waals surface area contributed by atoms with Gasteiger partial charge in [0.15, 0.2) is 5.11 Å². The van der Waals surface area contributed by atoms with E-state index < -0.39 is 0 Å². The van der Waals surface area contributed by atoms with Crippen LogP contribution in [0, 0.1) is 18.8 Å². The molecular weight excluding hydrogens is 276 g/mol. The number of likely N-dealkylation sites (tertiary alicyclic amines) is 1. The van der Waals surface area contributed by atoms with E-state index in [1.807, 2.05) is 25.1 Å². The summed E-state index contributed by atoms with van der Waals surface area (Å²) in [7, 11) is 0. The molecule has 1 heterocycles. The van der Waals surface area contributed by atoms with Gasteiger partial charge < -0.3 is 10.2 Å². The first-order valence-electron chi connectivity index (χ1n) is 6.78. The Bertz CT molecular complexity index is 465. The summed E-state index contributed by atoms with van der Waals surface area (Å²) in [4.78, 5) is 2.27. The predicted octanol–water partition coefficient (Wildman–Crippen LogP) is 4.32. The van der Waals surface area contributed by atoms with E-state index in [4.69, 9.17) is 23.8 Å². The Morgan fingerprint density at radius 1 is 1.32 bits per heavy atom. The molecule has 1 N–H and O–H groups in total. The highest BCUT2D eigenvalue weighted by atomic mass is 35.5. The fraction of sp³-hybridized carbons (Fsp3) is 0.533. The van der Waals surface area contributed by atoms with Gasteiger partial charge in [-0.3, -0.25) is 0 Å². The third-order valence-electron chi connectivity index (χ3n) is 3.67. The van der Waals surface area contributed by atoms with E-state index in [1.54, 1.807) is 0 Å². The van der Waals surface area contributed by atoms with E-state index in [-0.39, 0.29) is 0 Å². The first kappa shape index (κ1) is 14.6. The van der Waals surface area contributed by atoms with Crippen molar-refractivity contribution in [2.75, 3.05) is 18.4 Å². The lowest BCUT2D eigenvalue weighted by Gasteiger charge is -2.36. The van der Waals surface area contributed by atoms with Crippen molar-refractivity contribution in [2.45, 2.75) is 27.2 Å². The van der Waals surface area contributed by atoms with Crippen LogP contribution in [0.4, 0.5) is 5.69 Å². The fourth-order valence-corrected chi connectivity index (χ4v) is 3.20. The second-order valence-electron chi connectivity index (χ2n) is 5.69. The Balaban J connectivity index is 2.06. The minimum atomic E-state index is 0.698. The van der Waals surface area contributed by atoms with Crippen molar-refractivity contribution >= 4 is 34.6 Å². The monoisotopic (exact) mass is 296 g/mol. The molecule has 0 radical (unpaired) electrons. The first-order chi connectivity index (χ1) is 8.97. The molecule has 0 spiro atoms. The first-order valence-corrected chi connectivity index (χ1v) is 7.57. The third-order valence-corrected chi connectivity index (χ3v) is 4.44. The van der Waals surface area contributed by atoms with Gasteiger partial charge in [-0.05, 0) is 55.1 Å². The Labute approximate surface area is 126 Å². The normalized spacial score (nSPS) is 23.3. The smallest absolute Gasteiger partial charge is 0.173 e. The number of piperidine rings is 1. The summed E-state index contributed by atoms with van der Waals surface area (Å²) in [5, 5.41) is 4.92. The molecule has 0 bridgehead atoms. The van der Waals surface area contributed by atoms with Crippen LogP contribution >= 0.6 is 23.8 Å². The maximum atomic E-state index is 6.13. The van der Waals surface area contributed by atoms with Crippen LogP contribution < -0.4 is 5.32 Å². The highest BCUT2D eigenvalue weighted by Gasteiger charge is 2.23. The van der Waals surface area contributed by atoms with Crippen LogP contribution in [0.2, 0.25) is 5.02 Å². The predicted molar refractivity (Wildman–Crippen MR) is 86.9 cm³/mol. The fourth-order valence-electron chi connectivity index (χ4n) is 2.77. The Morgan fingerprint density at radius 2 is 1.95 bits per heavy atom. The highest BCUT2D eigenvalue weighted by molar-refractivity contribution is 7.80. The van der Waals surface area contributed by atoms with Crippen LogP contribution in [0.5, 0.6) is 0 Å². The van der Waals surface area contributed by atoms with Crippen molar-refractivity contribution in [3.8, 4) is 0 Å². The summed E-state index contributed by atoms with van der Waals surface area (Å²) >= 11 is 11.7. The van der Waals surface area contributed by atoms with E-state index in [9.17, 15) is 0 Å². The molecule has 2 atom stereocenters. The number of nitrogens with one attached hydrogen (secondary N) is 1. The molecule has 1 aromatic rings. The maximum absolute atomic E-state index is 6.13. The zero-order valence-electron chi connectivity index (χ0n) is 11.7. The molecule has 0 aliphatic carbocycles. The zero-order valence-corrected chi connectivity index (χ0v) is 13.3. The van der Waals surface area contributed by atoms with Gasteiger partial charge in [0.2, 0.25) is 0 Å². The summed E-state index contributed by atoms with van der Waals surface area (Å²) in [6, 6.07) is 5.86. The molecular formula is C15H21ClN2S. The van der Waals surface area contributed by atoms with Crippen LogP contribution in [0.15, 0.2) is 18.2 Å². The molecule has 1 aromatic carbocycles. The van der Waals surface area contributed by atoms with E-state index in [0.717, 1.165) is 34.5 Å². The van der Waals surface area contributed by atoms with Crippen molar-refractivity contribution in [2.24, 2.45) is 11.8 Å². The standard InChI is InChI=1S/C15H21ClN2S/c1-10-7-11(2)9-18(8-10)15(19)17-14-6-4-5-13(16)12(14)3/h4-6,10-11H,7-9H2,1-3H3,(H,17,19)/t10-,11+. The Hall–Kier alpha value is -0.800. The van der Waals surface area contributed by atoms with Gasteiger partial charge >= 0.3 is 0 Å². The van der Waals surface area contributed by atoms with E-state index in [2.05, 4.69) is 24.1 Å². The molecule has 104 valence electrons. The van der Waals surface area contributed by atoms with Gasteiger partial charge in [-0.2, -0.15) is 0 Å². The third kappa shape index (κ3) is 3.61. The van der Waals surface area contributed by atoms with Crippen molar-refractivity contribution in [3.05, 3.63) is 28.8 Å². The molecule has 19 heavy (non-hydrogen) atoms. The quantitative estimate of drug-likeness (QED) is 0.777. The molecule has 0 unspecified atom stereocenters. The summed E-state index contributed by atoms with van der Waals surface area (Å²) < 4.78 is 0. The average Bonchev–Trinajstić information content (AvgIpc) is 2.33. The van der Waals surface area contributed by atoms with Gasteiger partial charge in [-0.15, -0.1) is 0 Å². The number of halogens is 1. The molecule has 0 amide bonds. The van der Waals surface area contributed by atoms with Crippen molar-refractivity contribution in [3.63, 3.8) is 0 Å². The van der Waals surface area contributed by atoms with Crippen LogP contribution in [0.1, 0.15) is 25.8 Å². The molecule has 0 aromatic heterocycles. The molecule has 2 nitrogen and oxygen atoms in total. The lowest BCUT2D eigenvalue weighted by Crippen LogP contribution is -2.44. The zero-order chi connectivity index (χ0) is 14.0. The van der Waals surface area contributed by atoms with Crippen molar-refractivity contribution in [1.82, 2.24) is 4.90 Å². The topological polar surface area (TPSA) is 15.3 Å². The number of anilines is 1. The minimum Gasteiger partial charge on any atom is -0.348 e. The van der Waals surface area contributed by atoms with Gasteiger partial charge in [-0.25, -0.2) is 0 Å². The number of hydrogen-bond acceptors (Lipinski definition) is 1. The Kier molecular flexibility index (Phi) is 4.69. The van der Waals surface area contributed by atoms with Gasteiger partial charge in [0, 0.05) is 23.8 Å². The van der Waals surface area contributed by atoms with E-state index >= 15 is 0 Å². The number of nitrogens with zero attached hydrogens (tertiary/aromatic N) is 1. The van der Waals surface area contributed by atoms with Gasteiger partial charge in [0.25, 0.3) is 0 Å². The van der Waals surface area contributed by atoms with Crippen LogP contribution in [0.3, 0.4) is 0 Å². The van der Waals surface area contributed by atoms with Crippen LogP contribution in [0.25, 0.3) is 0 Å². The SMILES string of the molecule is Cc1c(Cl)cccc1NC(=S)N1C[C@H](C)C[C@H](C)C1. The Morgan fingerprint density at radius 3 is 2.58 bits per heavy atom. The highest BCUT2D eigenvalue weighted by Crippen LogP contribution is 2.25. The molecule has 2 rings (SSSR count). The van der Waals surface area contributed by atoms with Gasteiger partial charge in [0.1, 0.15) is 0 Å². The number of thiocarbonyl (C=S) groups is 1. The number of hydrogen-bond donors (Lipinski definition) is 1. The second-order valence-corrected chi connectivity index (χ2v) is 6.49. The van der Waals surface area contributed by atoms with E-state index in [0.29, 0.717) is 11.8 Å². The van der Waals surface area contributed by atoms with Crippen LogP contribution in [-0.2, 0) is 0 Å². The van der Waals surface area contributed by atoms with Crippen molar-refractivity contribution in [1.29, 1.82) is 0 Å². The molecule has 1 aliphatic rings. The summed E-state index contributed by atoms with van der Waals surface area (Å²) in [6.07, 6.45) is 1.29. The van der Waals surface area contributed by atoms with Gasteiger partial charge in [0.05, 0.1) is 0 Å². The molecule has 4 heteroatoms. The number of benzene rings is 1. The average molecular weight is 297 g/mol. The van der Waals surface area contributed by atoms with Crippen molar-refractivity contribution < 1.29 is 0 Å². The molecule has 1 fully saturated rings. The summed E-state index contributed by atoms with van der Waals surface area (Å²) in [5.41, 5.74) is 2.05. The second kappa shape index (κ2) is 6.10.